The van der Waals surface area contributed by atoms with Crippen molar-refractivity contribution in [3.8, 4) is 10.8 Å². The summed E-state index contributed by atoms with van der Waals surface area (Å²) >= 11 is 6.94. The molecule has 0 unspecified atom stereocenters. The van der Waals surface area contributed by atoms with Crippen LogP contribution in [0.25, 0.3) is 21.9 Å². The Morgan fingerprint density at radius 1 is 1.11 bits per heavy atom. The Kier molecular flexibility index (Phi) is 4.39. The molecule has 0 aliphatic carbocycles. The van der Waals surface area contributed by atoms with Crippen molar-refractivity contribution < 1.29 is 8.83 Å². The monoisotopic (exact) mass is 398 g/mol. The van der Waals surface area contributed by atoms with Crippen LogP contribution in [0.2, 0.25) is 0 Å². The van der Waals surface area contributed by atoms with Gasteiger partial charge in [-0.05, 0) is 48.6 Å². The molecular formula is C19H18N4O2S2. The quantitative estimate of drug-likeness (QED) is 0.455. The van der Waals surface area contributed by atoms with Gasteiger partial charge < -0.3 is 8.83 Å². The van der Waals surface area contributed by atoms with Gasteiger partial charge in [-0.2, -0.15) is 0 Å². The van der Waals surface area contributed by atoms with Crippen molar-refractivity contribution in [2.75, 3.05) is 13.1 Å². The van der Waals surface area contributed by atoms with E-state index in [0.29, 0.717) is 23.3 Å². The standard InChI is InChI=1S/C19H18N4O2S2/c26-19-23(21-18(25-19)16-6-3-11-27-16)12-22-9-7-13(8-10-22)17-20-14-4-1-2-5-15(14)24-17/h1-6,11,13H,7-10,12H2. The highest BCUT2D eigenvalue weighted by molar-refractivity contribution is 7.71. The van der Waals surface area contributed by atoms with Crippen LogP contribution >= 0.6 is 23.6 Å². The highest BCUT2D eigenvalue weighted by Crippen LogP contribution is 2.30. The molecule has 0 spiro atoms. The number of benzene rings is 1. The smallest absolute Gasteiger partial charge is 0.288 e. The van der Waals surface area contributed by atoms with E-state index in [1.165, 1.54) is 0 Å². The fourth-order valence-electron chi connectivity index (χ4n) is 3.47. The molecule has 8 heteroatoms. The number of nitrogens with zero attached hydrogens (tertiary/aromatic N) is 4. The second kappa shape index (κ2) is 7.03. The molecule has 1 saturated heterocycles. The average Bonchev–Trinajstić information content (AvgIpc) is 3.42. The van der Waals surface area contributed by atoms with Gasteiger partial charge in [0.2, 0.25) is 0 Å². The van der Waals surface area contributed by atoms with Gasteiger partial charge in [-0.1, -0.05) is 18.2 Å². The van der Waals surface area contributed by atoms with Crippen molar-refractivity contribution in [2.24, 2.45) is 0 Å². The third kappa shape index (κ3) is 3.36. The summed E-state index contributed by atoms with van der Waals surface area (Å²) in [5.41, 5.74) is 1.80. The minimum absolute atomic E-state index is 0.362. The van der Waals surface area contributed by atoms with Crippen LogP contribution in [0, 0.1) is 4.84 Å². The van der Waals surface area contributed by atoms with Gasteiger partial charge in [-0.15, -0.1) is 16.4 Å². The van der Waals surface area contributed by atoms with E-state index in [1.54, 1.807) is 16.0 Å². The molecule has 3 aromatic heterocycles. The Labute approximate surface area is 165 Å². The number of aromatic nitrogens is 3. The molecule has 138 valence electrons. The lowest BCUT2D eigenvalue weighted by Gasteiger charge is -2.29. The summed E-state index contributed by atoms with van der Waals surface area (Å²) < 4.78 is 13.4. The fraction of sp³-hybridized carbons (Fsp3) is 0.316. The summed E-state index contributed by atoms with van der Waals surface area (Å²) in [6, 6.07) is 11.9. The van der Waals surface area contributed by atoms with E-state index in [4.69, 9.17) is 21.1 Å². The molecule has 1 aromatic carbocycles. The summed E-state index contributed by atoms with van der Waals surface area (Å²) in [6.45, 7) is 2.55. The van der Waals surface area contributed by atoms with Crippen LogP contribution in [-0.4, -0.2) is 32.8 Å². The van der Waals surface area contributed by atoms with Crippen molar-refractivity contribution in [3.05, 3.63) is 52.5 Å². The zero-order valence-corrected chi connectivity index (χ0v) is 16.2. The summed E-state index contributed by atoms with van der Waals surface area (Å²) in [6.07, 6.45) is 2.02. The number of likely N-dealkylation sites (tertiary alicyclic amines) is 1. The predicted molar refractivity (Wildman–Crippen MR) is 106 cm³/mol. The van der Waals surface area contributed by atoms with Gasteiger partial charge in [0, 0.05) is 19.0 Å². The van der Waals surface area contributed by atoms with Gasteiger partial charge in [-0.3, -0.25) is 4.90 Å². The fourth-order valence-corrected chi connectivity index (χ4v) is 4.29. The first kappa shape index (κ1) is 16.9. The topological polar surface area (TPSA) is 60.2 Å². The van der Waals surface area contributed by atoms with Gasteiger partial charge in [0.1, 0.15) is 5.52 Å². The van der Waals surface area contributed by atoms with Crippen molar-refractivity contribution in [3.63, 3.8) is 0 Å². The number of hydrogen-bond acceptors (Lipinski definition) is 7. The van der Waals surface area contributed by atoms with Crippen LogP contribution in [0.3, 0.4) is 0 Å². The van der Waals surface area contributed by atoms with E-state index in [2.05, 4.69) is 15.0 Å². The number of oxazole rings is 1. The van der Waals surface area contributed by atoms with Crippen molar-refractivity contribution in [2.45, 2.75) is 25.4 Å². The van der Waals surface area contributed by atoms with Crippen LogP contribution in [0.4, 0.5) is 0 Å². The molecule has 6 nitrogen and oxygen atoms in total. The molecule has 0 bridgehead atoms. The number of fused-ring (bicyclic) bond motifs is 1. The maximum Gasteiger partial charge on any atom is 0.288 e. The Morgan fingerprint density at radius 2 is 1.96 bits per heavy atom. The first-order valence-electron chi connectivity index (χ1n) is 8.96. The second-order valence-electron chi connectivity index (χ2n) is 6.70. The molecular weight excluding hydrogens is 380 g/mol. The average molecular weight is 399 g/mol. The zero-order chi connectivity index (χ0) is 18.2. The molecule has 27 heavy (non-hydrogen) atoms. The van der Waals surface area contributed by atoms with Gasteiger partial charge in [-0.25, -0.2) is 9.67 Å². The molecule has 5 rings (SSSR count). The third-order valence-electron chi connectivity index (χ3n) is 4.92. The summed E-state index contributed by atoms with van der Waals surface area (Å²) in [7, 11) is 0. The van der Waals surface area contributed by atoms with E-state index >= 15 is 0 Å². The van der Waals surface area contributed by atoms with Gasteiger partial charge in [0.15, 0.2) is 11.5 Å². The first-order valence-corrected chi connectivity index (χ1v) is 10.2. The highest BCUT2D eigenvalue weighted by Gasteiger charge is 2.25. The normalized spacial score (nSPS) is 16.3. The predicted octanol–water partition coefficient (Wildman–Crippen LogP) is 4.91. The number of para-hydroxylation sites is 2. The van der Waals surface area contributed by atoms with Crippen molar-refractivity contribution in [1.82, 2.24) is 19.7 Å². The lowest BCUT2D eigenvalue weighted by molar-refractivity contribution is 0.152. The zero-order valence-electron chi connectivity index (χ0n) is 14.6. The summed E-state index contributed by atoms with van der Waals surface area (Å²) in [5, 5.41) is 6.54. The lowest BCUT2D eigenvalue weighted by Crippen LogP contribution is -2.34. The molecule has 0 radical (unpaired) electrons. The van der Waals surface area contributed by atoms with Crippen LogP contribution < -0.4 is 0 Å². The maximum absolute atomic E-state index is 5.95. The second-order valence-corrected chi connectivity index (χ2v) is 8.00. The number of rotatable bonds is 4. The Balaban J connectivity index is 1.25. The molecule has 4 heterocycles. The Bertz CT molecular complexity index is 1070. The van der Waals surface area contributed by atoms with Crippen molar-refractivity contribution >= 4 is 34.7 Å². The van der Waals surface area contributed by atoms with Crippen LogP contribution in [0.5, 0.6) is 0 Å². The molecule has 1 fully saturated rings. The van der Waals surface area contributed by atoms with Crippen LogP contribution in [0.15, 0.2) is 50.6 Å². The van der Waals surface area contributed by atoms with E-state index in [-0.39, 0.29) is 0 Å². The summed E-state index contributed by atoms with van der Waals surface area (Å²) in [4.78, 5) is 8.41. The number of hydrogen-bond donors (Lipinski definition) is 0. The third-order valence-corrected chi connectivity index (χ3v) is 6.07. The molecule has 1 aliphatic heterocycles. The Morgan fingerprint density at radius 3 is 2.74 bits per heavy atom. The SMILES string of the molecule is S=c1oc(-c2cccs2)nn1CN1CCC(c2nc3ccccc3o2)CC1. The maximum atomic E-state index is 5.95. The van der Waals surface area contributed by atoms with Gasteiger partial charge in [0.05, 0.1) is 11.5 Å². The van der Waals surface area contributed by atoms with Gasteiger partial charge in [0.25, 0.3) is 10.7 Å². The molecule has 0 saturated carbocycles. The molecule has 0 N–H and O–H groups in total. The molecule has 0 amide bonds. The van der Waals surface area contributed by atoms with E-state index < -0.39 is 0 Å². The molecule has 1 aliphatic rings. The van der Waals surface area contributed by atoms with Crippen LogP contribution in [-0.2, 0) is 6.67 Å². The van der Waals surface area contributed by atoms with E-state index in [0.717, 1.165) is 47.8 Å². The number of thiophene rings is 1. The first-order chi connectivity index (χ1) is 13.3. The highest BCUT2D eigenvalue weighted by atomic mass is 32.1. The molecule has 4 aromatic rings. The van der Waals surface area contributed by atoms with Crippen molar-refractivity contribution in [1.29, 1.82) is 0 Å². The summed E-state index contributed by atoms with van der Waals surface area (Å²) in [5.74, 6) is 1.81. The largest absolute Gasteiger partial charge is 0.440 e. The Hall–Kier alpha value is -2.29. The van der Waals surface area contributed by atoms with E-state index in [9.17, 15) is 0 Å². The number of piperidine rings is 1. The molecule has 0 atom stereocenters. The van der Waals surface area contributed by atoms with Crippen LogP contribution in [0.1, 0.15) is 24.7 Å². The van der Waals surface area contributed by atoms with E-state index in [1.807, 2.05) is 41.8 Å². The minimum Gasteiger partial charge on any atom is -0.440 e. The van der Waals surface area contributed by atoms with Gasteiger partial charge >= 0.3 is 0 Å². The lowest BCUT2D eigenvalue weighted by atomic mass is 9.97. The minimum atomic E-state index is 0.362.